The van der Waals surface area contributed by atoms with E-state index < -0.39 is 16.9 Å². The molecule has 0 spiro atoms. The number of rotatable bonds is 6. The molecule has 0 saturated heterocycles. The molecule has 2 N–H and O–H groups in total. The van der Waals surface area contributed by atoms with Gasteiger partial charge in [0.2, 0.25) is 0 Å². The third-order valence-electron chi connectivity index (χ3n) is 3.47. The summed E-state index contributed by atoms with van der Waals surface area (Å²) in [4.78, 5) is 27.8. The van der Waals surface area contributed by atoms with Crippen molar-refractivity contribution in [3.63, 3.8) is 0 Å². The summed E-state index contributed by atoms with van der Waals surface area (Å²) in [5, 5.41) is 1.90. The number of carbonyl (C=O) groups is 2. The molecule has 1 heterocycles. The first-order valence-electron chi connectivity index (χ1n) is 7.65. The van der Waals surface area contributed by atoms with Gasteiger partial charge >= 0.3 is 5.97 Å². The second kappa shape index (κ2) is 9.76. The molecule has 0 aliphatic rings. The number of H-pyrrole nitrogens is 1. The molecule has 1 amide bonds. The zero-order valence-electron chi connectivity index (χ0n) is 14.5. The number of allylic oxidation sites excluding steroid dienone is 2. The largest absolute Gasteiger partial charge is 0.497 e. The number of methoxy groups -OCH3 is 1. The number of halogens is 5. The van der Waals surface area contributed by atoms with E-state index in [-0.39, 0.29) is 32.5 Å². The standard InChI is InChI=1S/C17H13Cl5N2O4/c1-3-28-17(26)14-13(8-6-7(27-2)4-5-9(8)23-14)24-16(25)12(20)10(18)11(19)15(21)22/h4-6,23H,3H2,1-2H3,(H,24,25). The second-order valence-electron chi connectivity index (χ2n) is 5.16. The van der Waals surface area contributed by atoms with Gasteiger partial charge in [0.25, 0.3) is 5.91 Å². The molecule has 0 fully saturated rings. The number of carbonyl (C=O) groups excluding carboxylic acids is 2. The minimum Gasteiger partial charge on any atom is -0.497 e. The van der Waals surface area contributed by atoms with Gasteiger partial charge in [0, 0.05) is 10.9 Å². The average Bonchev–Trinajstić information content (AvgIpc) is 3.03. The topological polar surface area (TPSA) is 80.4 Å². The summed E-state index contributed by atoms with van der Waals surface area (Å²) in [5.74, 6) is -0.994. The van der Waals surface area contributed by atoms with Crippen molar-refractivity contribution >= 4 is 86.5 Å². The Morgan fingerprint density at radius 3 is 2.32 bits per heavy atom. The van der Waals surface area contributed by atoms with Crippen LogP contribution in [0.25, 0.3) is 10.9 Å². The molecule has 150 valence electrons. The van der Waals surface area contributed by atoms with Crippen molar-refractivity contribution in [3.05, 3.63) is 43.5 Å². The van der Waals surface area contributed by atoms with Crippen molar-refractivity contribution in [1.29, 1.82) is 0 Å². The number of nitrogens with one attached hydrogen (secondary N) is 2. The normalized spacial score (nSPS) is 11.7. The summed E-state index contributed by atoms with van der Waals surface area (Å²) in [6.07, 6.45) is 0. The van der Waals surface area contributed by atoms with Crippen LogP contribution in [0.4, 0.5) is 5.69 Å². The van der Waals surface area contributed by atoms with Crippen LogP contribution in [0.5, 0.6) is 5.75 Å². The molecular formula is C17H13Cl5N2O4. The van der Waals surface area contributed by atoms with Crippen LogP contribution in [0.15, 0.2) is 37.8 Å². The lowest BCUT2D eigenvalue weighted by molar-refractivity contribution is -0.112. The Morgan fingerprint density at radius 1 is 1.07 bits per heavy atom. The summed E-state index contributed by atoms with van der Waals surface area (Å²) in [7, 11) is 1.49. The number of hydrogen-bond donors (Lipinski definition) is 2. The molecule has 0 aliphatic heterocycles. The van der Waals surface area contributed by atoms with E-state index in [4.69, 9.17) is 67.5 Å². The smallest absolute Gasteiger partial charge is 0.356 e. The predicted molar refractivity (Wildman–Crippen MR) is 113 cm³/mol. The van der Waals surface area contributed by atoms with Crippen molar-refractivity contribution in [3.8, 4) is 5.75 Å². The van der Waals surface area contributed by atoms with Crippen LogP contribution in [-0.2, 0) is 9.53 Å². The van der Waals surface area contributed by atoms with Crippen molar-refractivity contribution in [1.82, 2.24) is 4.98 Å². The summed E-state index contributed by atoms with van der Waals surface area (Å²) in [5.41, 5.74) is 0.722. The number of esters is 1. The van der Waals surface area contributed by atoms with Crippen molar-refractivity contribution in [2.45, 2.75) is 6.92 Å². The third-order valence-corrected chi connectivity index (χ3v) is 5.36. The van der Waals surface area contributed by atoms with E-state index in [0.717, 1.165) is 0 Å². The Kier molecular flexibility index (Phi) is 7.92. The van der Waals surface area contributed by atoms with Gasteiger partial charge in [-0.15, -0.1) is 0 Å². The highest BCUT2D eigenvalue weighted by molar-refractivity contribution is 6.62. The monoisotopic (exact) mass is 484 g/mol. The number of aromatic nitrogens is 1. The van der Waals surface area contributed by atoms with Crippen molar-refractivity contribution in [2.24, 2.45) is 0 Å². The molecule has 1 aromatic carbocycles. The van der Waals surface area contributed by atoms with E-state index in [9.17, 15) is 9.59 Å². The fourth-order valence-electron chi connectivity index (χ4n) is 2.23. The Hall–Kier alpha value is -1.57. The second-order valence-corrected chi connectivity index (χ2v) is 7.25. The van der Waals surface area contributed by atoms with Crippen molar-refractivity contribution in [2.75, 3.05) is 19.0 Å². The average molecular weight is 487 g/mol. The molecule has 11 heteroatoms. The highest BCUT2D eigenvalue weighted by atomic mass is 35.5. The number of fused-ring (bicyclic) bond motifs is 1. The van der Waals surface area contributed by atoms with Gasteiger partial charge in [-0.3, -0.25) is 4.79 Å². The number of hydrogen-bond acceptors (Lipinski definition) is 4. The molecule has 2 rings (SSSR count). The first-order chi connectivity index (χ1) is 13.2. The Morgan fingerprint density at radius 2 is 1.75 bits per heavy atom. The molecule has 2 aromatic rings. The summed E-state index contributed by atoms with van der Waals surface area (Å²) >= 11 is 28.8. The highest BCUT2D eigenvalue weighted by Gasteiger charge is 2.24. The lowest BCUT2D eigenvalue weighted by Gasteiger charge is -2.08. The maximum Gasteiger partial charge on any atom is 0.356 e. The first kappa shape index (κ1) is 22.7. The summed E-state index contributed by atoms with van der Waals surface area (Å²) in [6, 6.07) is 5.01. The number of aromatic amines is 1. The highest BCUT2D eigenvalue weighted by Crippen LogP contribution is 2.34. The zero-order chi connectivity index (χ0) is 21.0. The molecule has 0 atom stereocenters. The number of amides is 1. The first-order valence-corrected chi connectivity index (χ1v) is 9.54. The van der Waals surface area contributed by atoms with E-state index in [2.05, 4.69) is 10.3 Å². The molecule has 1 aromatic heterocycles. The fraction of sp³-hybridized carbons (Fsp3) is 0.176. The fourth-order valence-corrected chi connectivity index (χ4v) is 2.98. The van der Waals surface area contributed by atoms with Gasteiger partial charge in [-0.1, -0.05) is 58.0 Å². The molecule has 28 heavy (non-hydrogen) atoms. The molecule has 6 nitrogen and oxygen atoms in total. The summed E-state index contributed by atoms with van der Waals surface area (Å²) < 4.78 is 9.86. The number of anilines is 1. The van der Waals surface area contributed by atoms with Crippen LogP contribution in [0, 0.1) is 0 Å². The Balaban J connectivity index is 2.56. The van der Waals surface area contributed by atoms with E-state index in [0.29, 0.717) is 16.7 Å². The van der Waals surface area contributed by atoms with Gasteiger partial charge in [-0.05, 0) is 25.1 Å². The quantitative estimate of drug-likeness (QED) is 0.304. The predicted octanol–water partition coefficient (Wildman–Crippen LogP) is 5.87. The SMILES string of the molecule is CCOC(=O)c1[nH]c2ccc(OC)cc2c1NC(=O)C(Cl)=C(Cl)C(Cl)=C(Cl)Cl. The van der Waals surface area contributed by atoms with E-state index in [1.165, 1.54) is 7.11 Å². The molecule has 0 aliphatic carbocycles. The van der Waals surface area contributed by atoms with Crippen LogP contribution in [0.2, 0.25) is 0 Å². The molecule has 0 radical (unpaired) electrons. The zero-order valence-corrected chi connectivity index (χ0v) is 18.2. The Bertz CT molecular complexity index is 993. The van der Waals surface area contributed by atoms with Gasteiger partial charge in [0.15, 0.2) is 0 Å². The summed E-state index contributed by atoms with van der Waals surface area (Å²) in [6.45, 7) is 1.80. The molecule has 0 bridgehead atoms. The van der Waals surface area contributed by atoms with Crippen LogP contribution in [-0.4, -0.2) is 30.6 Å². The van der Waals surface area contributed by atoms with Crippen LogP contribution < -0.4 is 10.1 Å². The van der Waals surface area contributed by atoms with E-state index in [1.807, 2.05) is 0 Å². The molecule has 0 saturated carbocycles. The van der Waals surface area contributed by atoms with Gasteiger partial charge in [-0.2, -0.15) is 0 Å². The lowest BCUT2D eigenvalue weighted by Crippen LogP contribution is -2.16. The van der Waals surface area contributed by atoms with Crippen LogP contribution >= 0.6 is 58.0 Å². The van der Waals surface area contributed by atoms with Gasteiger partial charge in [0.05, 0.1) is 29.5 Å². The molecule has 0 unspecified atom stereocenters. The van der Waals surface area contributed by atoms with Gasteiger partial charge in [0.1, 0.15) is 21.0 Å². The molecular weight excluding hydrogens is 473 g/mol. The van der Waals surface area contributed by atoms with Gasteiger partial charge in [-0.25, -0.2) is 4.79 Å². The maximum absolute atomic E-state index is 12.6. The van der Waals surface area contributed by atoms with Gasteiger partial charge < -0.3 is 19.8 Å². The van der Waals surface area contributed by atoms with Crippen LogP contribution in [0.3, 0.4) is 0 Å². The van der Waals surface area contributed by atoms with E-state index in [1.54, 1.807) is 25.1 Å². The number of benzene rings is 1. The maximum atomic E-state index is 12.6. The van der Waals surface area contributed by atoms with Crippen LogP contribution in [0.1, 0.15) is 17.4 Å². The van der Waals surface area contributed by atoms with E-state index >= 15 is 0 Å². The minimum absolute atomic E-state index is 0.0241. The number of ether oxygens (including phenoxy) is 2. The Labute approximate surface area is 185 Å². The minimum atomic E-state index is -0.839. The third kappa shape index (κ3) is 4.88. The van der Waals surface area contributed by atoms with Crippen molar-refractivity contribution < 1.29 is 19.1 Å². The lowest BCUT2D eigenvalue weighted by atomic mass is 10.2.